The smallest absolute Gasteiger partial charge is 0.234 e. The third-order valence-corrected chi connectivity index (χ3v) is 7.90. The van der Waals surface area contributed by atoms with Gasteiger partial charge in [-0.25, -0.2) is 0 Å². The minimum Gasteiger partial charge on any atom is -0.497 e. The zero-order valence-electron chi connectivity index (χ0n) is 21.5. The topological polar surface area (TPSA) is 61.9 Å². The molecule has 2 aliphatic rings. The van der Waals surface area contributed by atoms with E-state index >= 15 is 0 Å². The van der Waals surface area contributed by atoms with E-state index in [0.29, 0.717) is 6.54 Å². The highest BCUT2D eigenvalue weighted by atomic mass is 16.5. The fraction of sp³-hybridized carbons (Fsp3) is 0.355. The first kappa shape index (κ1) is 25.0. The minimum atomic E-state index is -0.195. The second kappa shape index (κ2) is 11.2. The summed E-state index contributed by atoms with van der Waals surface area (Å²) in [5, 5.41) is 3.28. The number of rotatable bonds is 7. The van der Waals surface area contributed by atoms with Crippen LogP contribution in [0.5, 0.6) is 5.75 Å². The van der Waals surface area contributed by atoms with Crippen LogP contribution in [0.4, 0.5) is 0 Å². The van der Waals surface area contributed by atoms with E-state index in [0.717, 1.165) is 42.9 Å². The fourth-order valence-corrected chi connectivity index (χ4v) is 6.07. The molecule has 37 heavy (non-hydrogen) atoms. The first-order valence-electron chi connectivity index (χ1n) is 13.1. The van der Waals surface area contributed by atoms with Crippen LogP contribution < -0.4 is 10.1 Å². The van der Waals surface area contributed by atoms with Gasteiger partial charge in [-0.05, 0) is 35.2 Å². The number of ether oxygens (including phenoxy) is 1. The van der Waals surface area contributed by atoms with Crippen molar-refractivity contribution in [3.8, 4) is 5.75 Å². The van der Waals surface area contributed by atoms with Crippen molar-refractivity contribution in [2.24, 2.45) is 5.92 Å². The molecular formula is C31H35N3O3. The van der Waals surface area contributed by atoms with Crippen molar-refractivity contribution in [1.29, 1.82) is 0 Å². The maximum absolute atomic E-state index is 13.3. The highest BCUT2D eigenvalue weighted by molar-refractivity contribution is 5.79. The van der Waals surface area contributed by atoms with E-state index in [9.17, 15) is 9.59 Å². The first-order valence-corrected chi connectivity index (χ1v) is 13.1. The lowest BCUT2D eigenvalue weighted by molar-refractivity contribution is -0.131. The van der Waals surface area contributed by atoms with Crippen LogP contribution in [0.15, 0.2) is 84.9 Å². The van der Waals surface area contributed by atoms with Crippen LogP contribution in [0.1, 0.15) is 42.0 Å². The summed E-state index contributed by atoms with van der Waals surface area (Å²) in [5.41, 5.74) is 3.35. The number of carbonyl (C=O) groups is 2. The quantitative estimate of drug-likeness (QED) is 0.531. The third-order valence-electron chi connectivity index (χ3n) is 7.90. The largest absolute Gasteiger partial charge is 0.497 e. The molecule has 0 radical (unpaired) electrons. The van der Waals surface area contributed by atoms with Crippen molar-refractivity contribution in [3.63, 3.8) is 0 Å². The molecule has 0 aliphatic carbocycles. The molecule has 2 fully saturated rings. The van der Waals surface area contributed by atoms with E-state index < -0.39 is 0 Å². The number of likely N-dealkylation sites (tertiary alicyclic amines) is 2. The Morgan fingerprint density at radius 3 is 2.11 bits per heavy atom. The van der Waals surface area contributed by atoms with Crippen LogP contribution in [0.2, 0.25) is 0 Å². The molecule has 2 aliphatic heterocycles. The number of methoxy groups -OCH3 is 1. The first-order chi connectivity index (χ1) is 18.0. The van der Waals surface area contributed by atoms with Gasteiger partial charge in [-0.3, -0.25) is 14.5 Å². The number of hydrogen-bond acceptors (Lipinski definition) is 4. The van der Waals surface area contributed by atoms with Crippen molar-refractivity contribution in [1.82, 2.24) is 15.1 Å². The average Bonchev–Trinajstić information content (AvgIpc) is 3.32. The summed E-state index contributed by atoms with van der Waals surface area (Å²) in [4.78, 5) is 30.1. The summed E-state index contributed by atoms with van der Waals surface area (Å²) in [7, 11) is 1.67. The number of amides is 2. The monoisotopic (exact) mass is 497 g/mol. The highest BCUT2D eigenvalue weighted by Crippen LogP contribution is 2.41. The molecule has 2 amide bonds. The summed E-state index contributed by atoms with van der Waals surface area (Å²) in [6.45, 7) is 4.32. The molecule has 0 saturated carbocycles. The molecule has 5 rings (SSSR count). The Morgan fingerprint density at radius 2 is 1.54 bits per heavy atom. The van der Waals surface area contributed by atoms with E-state index in [1.54, 1.807) is 14.0 Å². The molecule has 3 aromatic rings. The van der Waals surface area contributed by atoms with Gasteiger partial charge in [0.25, 0.3) is 0 Å². The van der Waals surface area contributed by atoms with Crippen molar-refractivity contribution < 1.29 is 14.3 Å². The lowest BCUT2D eigenvalue weighted by Crippen LogP contribution is -2.50. The Balaban J connectivity index is 1.30. The fourth-order valence-electron chi connectivity index (χ4n) is 6.07. The van der Waals surface area contributed by atoms with Crippen LogP contribution in [-0.4, -0.2) is 60.9 Å². The number of piperidine rings is 1. The SMILES string of the molecule is COc1ccc([C@H]2CN(C(C)=O)[C@@H]3CCN(CC(=O)NC(c4ccccc4)c4ccccc4)C[C@H]23)cc1. The maximum atomic E-state index is 13.3. The summed E-state index contributed by atoms with van der Waals surface area (Å²) >= 11 is 0. The Kier molecular flexibility index (Phi) is 7.56. The summed E-state index contributed by atoms with van der Waals surface area (Å²) < 4.78 is 5.34. The van der Waals surface area contributed by atoms with Gasteiger partial charge in [0.2, 0.25) is 11.8 Å². The second-order valence-electron chi connectivity index (χ2n) is 10.1. The predicted molar refractivity (Wildman–Crippen MR) is 144 cm³/mol. The highest BCUT2D eigenvalue weighted by Gasteiger charge is 2.46. The van der Waals surface area contributed by atoms with Crippen molar-refractivity contribution in [2.75, 3.05) is 33.3 Å². The zero-order chi connectivity index (χ0) is 25.8. The lowest BCUT2D eigenvalue weighted by Gasteiger charge is -2.38. The van der Waals surface area contributed by atoms with Crippen molar-refractivity contribution >= 4 is 11.8 Å². The second-order valence-corrected chi connectivity index (χ2v) is 10.1. The number of carbonyl (C=O) groups excluding carboxylic acids is 2. The lowest BCUT2D eigenvalue weighted by atomic mass is 9.81. The van der Waals surface area contributed by atoms with Gasteiger partial charge in [-0.2, -0.15) is 0 Å². The van der Waals surface area contributed by atoms with Crippen LogP contribution in [0.25, 0.3) is 0 Å². The van der Waals surface area contributed by atoms with Crippen molar-refractivity contribution in [3.05, 3.63) is 102 Å². The van der Waals surface area contributed by atoms with E-state index in [4.69, 9.17) is 4.74 Å². The van der Waals surface area contributed by atoms with Crippen LogP contribution >= 0.6 is 0 Å². The normalized spacial score (nSPS) is 21.5. The number of nitrogens with one attached hydrogen (secondary N) is 1. The Labute approximate surface area is 219 Å². The molecule has 0 unspecified atom stereocenters. The molecule has 3 atom stereocenters. The Hall–Kier alpha value is -3.64. The van der Waals surface area contributed by atoms with Crippen molar-refractivity contribution in [2.45, 2.75) is 31.3 Å². The maximum Gasteiger partial charge on any atom is 0.234 e. The molecule has 1 N–H and O–H groups in total. The summed E-state index contributed by atoms with van der Waals surface area (Å²) in [6, 6.07) is 28.4. The van der Waals surface area contributed by atoms with Gasteiger partial charge in [0.05, 0.1) is 19.7 Å². The molecule has 6 heteroatoms. The van der Waals surface area contributed by atoms with Gasteiger partial charge < -0.3 is 15.0 Å². The zero-order valence-corrected chi connectivity index (χ0v) is 21.5. The van der Waals surface area contributed by atoms with E-state index in [1.807, 2.05) is 53.4 Å². The number of hydrogen-bond donors (Lipinski definition) is 1. The third kappa shape index (κ3) is 5.54. The number of fused-ring (bicyclic) bond motifs is 1. The van der Waals surface area contributed by atoms with E-state index in [1.165, 1.54) is 5.56 Å². The standard InChI is InChI=1S/C31H35N3O3/c1-22(35)34-20-27(23-13-15-26(37-2)16-14-23)28-19-33(18-17-29(28)34)21-30(36)32-31(24-9-5-3-6-10-24)25-11-7-4-8-12-25/h3-16,27-29,31H,17-21H2,1-2H3,(H,32,36)/t27-,28-,29-/m1/s1. The predicted octanol–water partition coefficient (Wildman–Crippen LogP) is 4.24. The minimum absolute atomic E-state index is 0.0126. The number of benzene rings is 3. The van der Waals surface area contributed by atoms with E-state index in [2.05, 4.69) is 46.6 Å². The van der Waals surface area contributed by atoms with Gasteiger partial charge in [0, 0.05) is 44.4 Å². The molecule has 3 aromatic carbocycles. The van der Waals surface area contributed by atoms with Crippen LogP contribution in [0.3, 0.4) is 0 Å². The van der Waals surface area contributed by atoms with Gasteiger partial charge in [-0.15, -0.1) is 0 Å². The van der Waals surface area contributed by atoms with E-state index in [-0.39, 0.29) is 35.7 Å². The van der Waals surface area contributed by atoms with Gasteiger partial charge in [0.1, 0.15) is 5.75 Å². The average molecular weight is 498 g/mol. The molecule has 0 spiro atoms. The molecule has 0 aromatic heterocycles. The number of nitrogens with zero attached hydrogens (tertiary/aromatic N) is 2. The summed E-state index contributed by atoms with van der Waals surface area (Å²) in [6.07, 6.45) is 0.880. The molecule has 0 bridgehead atoms. The molecular weight excluding hydrogens is 462 g/mol. The van der Waals surface area contributed by atoms with Crippen LogP contribution in [0, 0.1) is 5.92 Å². The molecule has 192 valence electrons. The molecule has 6 nitrogen and oxygen atoms in total. The van der Waals surface area contributed by atoms with Gasteiger partial charge >= 0.3 is 0 Å². The van der Waals surface area contributed by atoms with Gasteiger partial charge in [-0.1, -0.05) is 72.8 Å². The summed E-state index contributed by atoms with van der Waals surface area (Å²) in [5.74, 6) is 1.50. The Bertz CT molecular complexity index is 1160. The van der Waals surface area contributed by atoms with Gasteiger partial charge in [0.15, 0.2) is 0 Å². The Morgan fingerprint density at radius 1 is 0.919 bits per heavy atom. The molecule has 2 saturated heterocycles. The molecule has 2 heterocycles. The van der Waals surface area contributed by atoms with Crippen LogP contribution in [-0.2, 0) is 9.59 Å².